The minimum Gasteiger partial charge on any atom is -0.497 e. The number of rotatable bonds is 4. The maximum atomic E-state index is 11.4. The molecule has 0 spiro atoms. The van der Waals surface area contributed by atoms with Gasteiger partial charge in [0, 0.05) is 5.69 Å². The van der Waals surface area contributed by atoms with E-state index in [-0.39, 0.29) is 17.7 Å². The second-order valence-corrected chi connectivity index (χ2v) is 3.69. The summed E-state index contributed by atoms with van der Waals surface area (Å²) in [5, 5.41) is 2.91. The van der Waals surface area contributed by atoms with E-state index in [9.17, 15) is 4.79 Å². The standard InChI is InChI=1S/C12H13N5O3/c1-19-8-5-3-7(4-6-8)14-12-16-9(10(18)20-2)15-11(13)17-12/h3-6H,1-2H3,(H3,13,14,15,16,17). The van der Waals surface area contributed by atoms with Crippen molar-refractivity contribution in [2.45, 2.75) is 0 Å². The fraction of sp³-hybridized carbons (Fsp3) is 0.167. The molecular weight excluding hydrogens is 262 g/mol. The maximum absolute atomic E-state index is 11.4. The molecule has 104 valence electrons. The van der Waals surface area contributed by atoms with Crippen LogP contribution >= 0.6 is 0 Å². The highest BCUT2D eigenvalue weighted by molar-refractivity contribution is 5.85. The van der Waals surface area contributed by atoms with Crippen LogP contribution in [0.1, 0.15) is 10.6 Å². The van der Waals surface area contributed by atoms with Crippen LogP contribution in [0.4, 0.5) is 17.6 Å². The molecule has 3 N–H and O–H groups in total. The van der Waals surface area contributed by atoms with E-state index in [4.69, 9.17) is 10.5 Å². The van der Waals surface area contributed by atoms with E-state index in [1.807, 2.05) is 0 Å². The number of nitrogen functional groups attached to an aromatic ring is 1. The lowest BCUT2D eigenvalue weighted by Gasteiger charge is -2.07. The lowest BCUT2D eigenvalue weighted by molar-refractivity contribution is 0.0586. The first kappa shape index (κ1) is 13.5. The second kappa shape index (κ2) is 5.83. The zero-order chi connectivity index (χ0) is 14.5. The van der Waals surface area contributed by atoms with Crippen molar-refractivity contribution in [1.82, 2.24) is 15.0 Å². The first-order valence-corrected chi connectivity index (χ1v) is 5.63. The van der Waals surface area contributed by atoms with E-state index in [0.29, 0.717) is 5.69 Å². The molecule has 8 nitrogen and oxygen atoms in total. The molecule has 0 aliphatic heterocycles. The number of nitrogens with zero attached hydrogens (tertiary/aromatic N) is 3. The average Bonchev–Trinajstić information content (AvgIpc) is 2.46. The molecule has 0 unspecified atom stereocenters. The fourth-order valence-electron chi connectivity index (χ4n) is 1.43. The van der Waals surface area contributed by atoms with E-state index in [1.165, 1.54) is 7.11 Å². The molecule has 0 bridgehead atoms. The molecule has 1 heterocycles. The molecule has 20 heavy (non-hydrogen) atoms. The lowest BCUT2D eigenvalue weighted by Crippen LogP contribution is -2.12. The number of aromatic nitrogens is 3. The third kappa shape index (κ3) is 3.10. The Morgan fingerprint density at radius 1 is 1.15 bits per heavy atom. The molecule has 0 atom stereocenters. The van der Waals surface area contributed by atoms with Crippen LogP contribution in [0.15, 0.2) is 24.3 Å². The molecule has 0 saturated carbocycles. The van der Waals surface area contributed by atoms with Gasteiger partial charge in [0.2, 0.25) is 17.7 Å². The van der Waals surface area contributed by atoms with Crippen LogP contribution in [-0.4, -0.2) is 35.1 Å². The zero-order valence-electron chi connectivity index (χ0n) is 11.0. The number of hydrogen-bond acceptors (Lipinski definition) is 8. The van der Waals surface area contributed by atoms with Crippen molar-refractivity contribution in [1.29, 1.82) is 0 Å². The Morgan fingerprint density at radius 2 is 1.85 bits per heavy atom. The van der Waals surface area contributed by atoms with Gasteiger partial charge in [-0.05, 0) is 24.3 Å². The predicted molar refractivity (Wildman–Crippen MR) is 71.9 cm³/mol. The fourth-order valence-corrected chi connectivity index (χ4v) is 1.43. The largest absolute Gasteiger partial charge is 0.497 e. The number of anilines is 3. The molecular formula is C12H13N5O3. The van der Waals surface area contributed by atoms with Crippen LogP contribution in [0.5, 0.6) is 5.75 Å². The molecule has 1 aromatic carbocycles. The summed E-state index contributed by atoms with van der Waals surface area (Å²) in [6.07, 6.45) is 0. The topological polar surface area (TPSA) is 112 Å². The van der Waals surface area contributed by atoms with Crippen molar-refractivity contribution < 1.29 is 14.3 Å². The highest BCUT2D eigenvalue weighted by Gasteiger charge is 2.13. The monoisotopic (exact) mass is 275 g/mol. The van der Waals surface area contributed by atoms with Gasteiger partial charge in [-0.2, -0.15) is 15.0 Å². The molecule has 2 aromatic rings. The summed E-state index contributed by atoms with van der Waals surface area (Å²) in [7, 11) is 2.82. The number of nitrogens with two attached hydrogens (primary N) is 1. The number of methoxy groups -OCH3 is 2. The van der Waals surface area contributed by atoms with Gasteiger partial charge in [-0.1, -0.05) is 0 Å². The van der Waals surface area contributed by atoms with Crippen LogP contribution in [0.3, 0.4) is 0 Å². The first-order chi connectivity index (χ1) is 9.62. The van der Waals surface area contributed by atoms with Crippen LogP contribution in [0, 0.1) is 0 Å². The van der Waals surface area contributed by atoms with Gasteiger partial charge in [0.05, 0.1) is 14.2 Å². The van der Waals surface area contributed by atoms with Gasteiger partial charge in [0.15, 0.2) is 0 Å². The SMILES string of the molecule is COC(=O)c1nc(N)nc(Nc2ccc(OC)cc2)n1. The van der Waals surface area contributed by atoms with E-state index in [0.717, 1.165) is 5.75 Å². The van der Waals surface area contributed by atoms with Crippen molar-refractivity contribution in [2.75, 3.05) is 25.3 Å². The van der Waals surface area contributed by atoms with E-state index < -0.39 is 5.97 Å². The highest BCUT2D eigenvalue weighted by Crippen LogP contribution is 2.18. The third-order valence-electron chi connectivity index (χ3n) is 2.37. The number of hydrogen-bond donors (Lipinski definition) is 2. The Labute approximate surface area is 115 Å². The summed E-state index contributed by atoms with van der Waals surface area (Å²) in [6.45, 7) is 0. The Balaban J connectivity index is 2.23. The van der Waals surface area contributed by atoms with Crippen LogP contribution in [0.25, 0.3) is 0 Å². The molecule has 0 radical (unpaired) electrons. The van der Waals surface area contributed by atoms with Crippen molar-refractivity contribution in [2.24, 2.45) is 0 Å². The Morgan fingerprint density at radius 3 is 2.45 bits per heavy atom. The predicted octanol–water partition coefficient (Wildman–Crippen LogP) is 0.993. The third-order valence-corrected chi connectivity index (χ3v) is 2.37. The highest BCUT2D eigenvalue weighted by atomic mass is 16.5. The van der Waals surface area contributed by atoms with Gasteiger partial charge in [0.1, 0.15) is 5.75 Å². The Hall–Kier alpha value is -2.90. The van der Waals surface area contributed by atoms with Crippen molar-refractivity contribution in [3.8, 4) is 5.75 Å². The number of esters is 1. The number of carbonyl (C=O) groups excluding carboxylic acids is 1. The van der Waals surface area contributed by atoms with Gasteiger partial charge in [-0.25, -0.2) is 4.79 Å². The van der Waals surface area contributed by atoms with Gasteiger partial charge in [-0.15, -0.1) is 0 Å². The van der Waals surface area contributed by atoms with Crippen LogP contribution in [0.2, 0.25) is 0 Å². The van der Waals surface area contributed by atoms with Gasteiger partial charge >= 0.3 is 5.97 Å². The molecule has 0 aliphatic rings. The lowest BCUT2D eigenvalue weighted by atomic mass is 10.3. The Kier molecular flexibility index (Phi) is 3.94. The molecule has 0 saturated heterocycles. The Bertz CT molecular complexity index is 615. The molecule has 2 rings (SSSR count). The van der Waals surface area contributed by atoms with Gasteiger partial charge in [-0.3, -0.25) is 0 Å². The summed E-state index contributed by atoms with van der Waals surface area (Å²) in [6, 6.07) is 7.09. The van der Waals surface area contributed by atoms with Gasteiger partial charge < -0.3 is 20.5 Å². The van der Waals surface area contributed by atoms with E-state index in [1.54, 1.807) is 31.4 Å². The van der Waals surface area contributed by atoms with Gasteiger partial charge in [0.25, 0.3) is 0 Å². The normalized spacial score (nSPS) is 9.90. The summed E-state index contributed by atoms with van der Waals surface area (Å²) in [5.41, 5.74) is 6.24. The quantitative estimate of drug-likeness (QED) is 0.794. The van der Waals surface area contributed by atoms with E-state index >= 15 is 0 Å². The number of benzene rings is 1. The number of ether oxygens (including phenoxy) is 2. The van der Waals surface area contributed by atoms with Crippen LogP contribution in [-0.2, 0) is 4.74 Å². The molecule has 8 heteroatoms. The average molecular weight is 275 g/mol. The maximum Gasteiger partial charge on any atom is 0.376 e. The zero-order valence-corrected chi connectivity index (χ0v) is 11.0. The number of carbonyl (C=O) groups is 1. The molecule has 0 fully saturated rings. The van der Waals surface area contributed by atoms with Crippen molar-refractivity contribution in [3.05, 3.63) is 30.1 Å². The number of nitrogens with one attached hydrogen (secondary N) is 1. The minimum atomic E-state index is -0.683. The second-order valence-electron chi connectivity index (χ2n) is 3.69. The molecule has 1 aromatic heterocycles. The van der Waals surface area contributed by atoms with Crippen molar-refractivity contribution in [3.63, 3.8) is 0 Å². The minimum absolute atomic E-state index is 0.0728. The molecule has 0 amide bonds. The van der Waals surface area contributed by atoms with Crippen molar-refractivity contribution >= 4 is 23.6 Å². The summed E-state index contributed by atoms with van der Waals surface area (Å²) in [5.74, 6) is -0.0340. The summed E-state index contributed by atoms with van der Waals surface area (Å²) >= 11 is 0. The summed E-state index contributed by atoms with van der Waals surface area (Å²) < 4.78 is 9.59. The first-order valence-electron chi connectivity index (χ1n) is 5.63. The van der Waals surface area contributed by atoms with E-state index in [2.05, 4.69) is 25.0 Å². The van der Waals surface area contributed by atoms with Crippen LogP contribution < -0.4 is 15.8 Å². The smallest absolute Gasteiger partial charge is 0.376 e. The summed E-state index contributed by atoms with van der Waals surface area (Å²) in [4.78, 5) is 22.9. The molecule has 0 aliphatic carbocycles.